The second-order valence-corrected chi connectivity index (χ2v) is 6.60. The monoisotopic (exact) mass is 349 g/mol. The Hall–Kier alpha value is -2.15. The van der Waals surface area contributed by atoms with Gasteiger partial charge in [0.2, 0.25) is 0 Å². The van der Waals surface area contributed by atoms with Gasteiger partial charge in [-0.25, -0.2) is 9.18 Å². The number of hydrogen-bond acceptors (Lipinski definition) is 3. The van der Waals surface area contributed by atoms with Crippen LogP contribution < -0.4 is 16.0 Å². The third kappa shape index (κ3) is 5.16. The number of hydrogen-bond donors (Lipinski definition) is 3. The van der Waals surface area contributed by atoms with Gasteiger partial charge in [0.1, 0.15) is 5.82 Å². The van der Waals surface area contributed by atoms with Crippen molar-refractivity contribution < 1.29 is 18.7 Å². The largest absolute Gasteiger partial charge is 0.378 e. The highest BCUT2D eigenvalue weighted by Crippen LogP contribution is 2.38. The van der Waals surface area contributed by atoms with Crippen LogP contribution in [0.4, 0.5) is 9.18 Å². The van der Waals surface area contributed by atoms with E-state index in [0.29, 0.717) is 12.5 Å². The van der Waals surface area contributed by atoms with E-state index < -0.39 is 11.7 Å². The molecular weight excluding hydrogens is 325 g/mol. The molecule has 1 aliphatic heterocycles. The summed E-state index contributed by atoms with van der Waals surface area (Å²) in [5.41, 5.74) is 0.000255. The average Bonchev–Trinajstić information content (AvgIpc) is 3.44. The number of halogens is 1. The summed E-state index contributed by atoms with van der Waals surface area (Å²) in [6.45, 7) is 1.20. The molecule has 3 rings (SSSR count). The van der Waals surface area contributed by atoms with Gasteiger partial charge in [-0.2, -0.15) is 0 Å². The van der Waals surface area contributed by atoms with Crippen LogP contribution in [0.2, 0.25) is 0 Å². The molecule has 1 saturated heterocycles. The second-order valence-electron chi connectivity index (χ2n) is 6.60. The van der Waals surface area contributed by atoms with Crippen molar-refractivity contribution in [3.05, 3.63) is 35.6 Å². The maximum Gasteiger partial charge on any atom is 0.315 e. The number of carbonyl (C=O) groups excluding carboxylic acids is 2. The van der Waals surface area contributed by atoms with Gasteiger partial charge in [0.15, 0.2) is 0 Å². The fraction of sp³-hybridized carbons (Fsp3) is 0.556. The summed E-state index contributed by atoms with van der Waals surface area (Å²) >= 11 is 0. The number of nitrogens with one attached hydrogen (secondary N) is 3. The Kier molecular flexibility index (Phi) is 5.86. The van der Waals surface area contributed by atoms with Gasteiger partial charge in [-0.3, -0.25) is 4.79 Å². The van der Waals surface area contributed by atoms with E-state index in [4.69, 9.17) is 4.74 Å². The van der Waals surface area contributed by atoms with Gasteiger partial charge in [0.05, 0.1) is 11.7 Å². The molecule has 1 aliphatic carbocycles. The van der Waals surface area contributed by atoms with Gasteiger partial charge in [-0.1, -0.05) is 12.1 Å². The smallest absolute Gasteiger partial charge is 0.315 e. The molecule has 3 N–H and O–H groups in total. The Morgan fingerprint density at radius 2 is 1.88 bits per heavy atom. The number of rotatable bonds is 6. The highest BCUT2D eigenvalue weighted by Gasteiger charge is 2.36. The van der Waals surface area contributed by atoms with Crippen LogP contribution in [-0.2, 0) is 4.74 Å². The fourth-order valence-corrected chi connectivity index (χ4v) is 3.08. The van der Waals surface area contributed by atoms with E-state index in [1.165, 1.54) is 31.0 Å². The van der Waals surface area contributed by atoms with Crippen LogP contribution in [0.3, 0.4) is 0 Å². The summed E-state index contributed by atoms with van der Waals surface area (Å²) < 4.78 is 19.2. The standard InChI is InChI=1S/C18H24FN3O3/c19-15-4-2-1-3-14(15)17(23)20-8-9-21-18(24)22-13-7-10-25-16(11-13)12-5-6-12/h1-4,12-13,16H,5-11H2,(H,20,23)(H2,21,22,24)/t13-,16-/m1/s1. The van der Waals surface area contributed by atoms with E-state index in [0.717, 1.165) is 12.8 Å². The van der Waals surface area contributed by atoms with Crippen LogP contribution in [0.5, 0.6) is 0 Å². The quantitative estimate of drug-likeness (QED) is 0.686. The fourth-order valence-electron chi connectivity index (χ4n) is 3.08. The number of amides is 3. The van der Waals surface area contributed by atoms with Crippen LogP contribution in [0.15, 0.2) is 24.3 Å². The molecule has 7 heteroatoms. The summed E-state index contributed by atoms with van der Waals surface area (Å²) in [6.07, 6.45) is 4.42. The molecule has 2 fully saturated rings. The molecule has 0 aromatic heterocycles. The molecule has 2 atom stereocenters. The molecule has 136 valence electrons. The lowest BCUT2D eigenvalue weighted by molar-refractivity contribution is -0.00913. The van der Waals surface area contributed by atoms with Crippen molar-refractivity contribution in [2.45, 2.75) is 37.8 Å². The number of benzene rings is 1. The molecule has 1 aromatic carbocycles. The first-order valence-electron chi connectivity index (χ1n) is 8.82. The normalized spacial score (nSPS) is 22.9. The lowest BCUT2D eigenvalue weighted by Crippen LogP contribution is -2.48. The molecule has 2 aliphatic rings. The van der Waals surface area contributed by atoms with Crippen molar-refractivity contribution >= 4 is 11.9 Å². The zero-order valence-corrected chi connectivity index (χ0v) is 14.1. The predicted octanol–water partition coefficient (Wildman–Crippen LogP) is 1.81. The summed E-state index contributed by atoms with van der Waals surface area (Å²) in [5, 5.41) is 8.26. The number of ether oxygens (including phenoxy) is 1. The van der Waals surface area contributed by atoms with Crippen molar-refractivity contribution in [1.82, 2.24) is 16.0 Å². The Morgan fingerprint density at radius 3 is 2.64 bits per heavy atom. The molecule has 3 amide bonds. The molecule has 0 radical (unpaired) electrons. The van der Waals surface area contributed by atoms with E-state index in [9.17, 15) is 14.0 Å². The molecule has 1 aromatic rings. The molecule has 25 heavy (non-hydrogen) atoms. The van der Waals surface area contributed by atoms with Crippen molar-refractivity contribution in [2.75, 3.05) is 19.7 Å². The molecule has 0 spiro atoms. The highest BCUT2D eigenvalue weighted by atomic mass is 19.1. The van der Waals surface area contributed by atoms with Crippen LogP contribution >= 0.6 is 0 Å². The lowest BCUT2D eigenvalue weighted by atomic mass is 10.0. The van der Waals surface area contributed by atoms with E-state index in [-0.39, 0.29) is 36.8 Å². The van der Waals surface area contributed by atoms with Gasteiger partial charge in [-0.05, 0) is 43.7 Å². The number of urea groups is 1. The number of carbonyl (C=O) groups is 2. The van der Waals surface area contributed by atoms with E-state index in [2.05, 4.69) is 16.0 Å². The SMILES string of the molecule is O=C(NCCNC(=O)c1ccccc1F)N[C@@H]1CCO[C@@H](C2CC2)C1. The predicted molar refractivity (Wildman–Crippen MR) is 90.8 cm³/mol. The summed E-state index contributed by atoms with van der Waals surface area (Å²) in [4.78, 5) is 23.8. The van der Waals surface area contributed by atoms with Gasteiger partial charge < -0.3 is 20.7 Å². The van der Waals surface area contributed by atoms with E-state index in [1.54, 1.807) is 6.07 Å². The van der Waals surface area contributed by atoms with Crippen molar-refractivity contribution in [3.8, 4) is 0 Å². The molecule has 1 heterocycles. The van der Waals surface area contributed by atoms with Gasteiger partial charge in [0, 0.05) is 25.7 Å². The van der Waals surface area contributed by atoms with Crippen molar-refractivity contribution in [1.29, 1.82) is 0 Å². The minimum absolute atomic E-state index is 0.000255. The van der Waals surface area contributed by atoms with Crippen molar-refractivity contribution in [2.24, 2.45) is 5.92 Å². The Balaban J connectivity index is 1.32. The van der Waals surface area contributed by atoms with E-state index in [1.807, 2.05) is 0 Å². The minimum atomic E-state index is -0.560. The van der Waals surface area contributed by atoms with Crippen LogP contribution in [-0.4, -0.2) is 43.8 Å². The zero-order chi connectivity index (χ0) is 17.6. The van der Waals surface area contributed by atoms with Gasteiger partial charge in [-0.15, -0.1) is 0 Å². The molecule has 6 nitrogen and oxygen atoms in total. The topological polar surface area (TPSA) is 79.5 Å². The molecule has 0 bridgehead atoms. The van der Waals surface area contributed by atoms with Crippen LogP contribution in [0.25, 0.3) is 0 Å². The van der Waals surface area contributed by atoms with Gasteiger partial charge in [0.25, 0.3) is 5.91 Å². The third-order valence-electron chi connectivity index (χ3n) is 4.61. The van der Waals surface area contributed by atoms with Crippen molar-refractivity contribution in [3.63, 3.8) is 0 Å². The van der Waals surface area contributed by atoms with Crippen LogP contribution in [0, 0.1) is 11.7 Å². The molecular formula is C18H24FN3O3. The maximum absolute atomic E-state index is 13.5. The zero-order valence-electron chi connectivity index (χ0n) is 14.1. The Labute approximate surface area is 146 Å². The first kappa shape index (κ1) is 17.7. The first-order chi connectivity index (χ1) is 12.1. The van der Waals surface area contributed by atoms with Gasteiger partial charge >= 0.3 is 6.03 Å². The summed E-state index contributed by atoms with van der Waals surface area (Å²) in [5.74, 6) is -0.381. The Bertz CT molecular complexity index is 621. The molecule has 1 saturated carbocycles. The highest BCUT2D eigenvalue weighted by molar-refractivity contribution is 5.94. The summed E-state index contributed by atoms with van der Waals surface area (Å²) in [7, 11) is 0. The second kappa shape index (κ2) is 8.29. The minimum Gasteiger partial charge on any atom is -0.378 e. The Morgan fingerprint density at radius 1 is 1.12 bits per heavy atom. The van der Waals surface area contributed by atoms with Crippen LogP contribution in [0.1, 0.15) is 36.0 Å². The van der Waals surface area contributed by atoms with E-state index >= 15 is 0 Å². The maximum atomic E-state index is 13.5. The average molecular weight is 349 g/mol. The first-order valence-corrected chi connectivity index (χ1v) is 8.82. The lowest BCUT2D eigenvalue weighted by Gasteiger charge is -2.30. The summed E-state index contributed by atoms with van der Waals surface area (Å²) in [6, 6.07) is 5.68. The third-order valence-corrected chi connectivity index (χ3v) is 4.61. The molecule has 0 unspecified atom stereocenters.